The topological polar surface area (TPSA) is 41.1 Å². The molecule has 0 unspecified atom stereocenters. The molecular weight excluding hydrogens is 284 g/mol. The van der Waals surface area contributed by atoms with E-state index in [0.717, 1.165) is 12.1 Å². The third kappa shape index (κ3) is 2.52. The Hall–Kier alpha value is -2.55. The quantitative estimate of drug-likeness (QED) is 0.804. The van der Waals surface area contributed by atoms with E-state index in [1.807, 2.05) is 6.07 Å². The zero-order valence-corrected chi connectivity index (χ0v) is 13.1. The summed E-state index contributed by atoms with van der Waals surface area (Å²) < 4.78 is 0. The van der Waals surface area contributed by atoms with Crippen LogP contribution in [0.1, 0.15) is 36.4 Å². The number of rotatable bonds is 2. The lowest BCUT2D eigenvalue weighted by Gasteiger charge is -2.37. The smallest absolute Gasteiger partial charge is 0.221 e. The summed E-state index contributed by atoms with van der Waals surface area (Å²) in [6, 6.07) is 17.1. The number of hydrogen-bond donors (Lipinski definition) is 2. The van der Waals surface area contributed by atoms with E-state index >= 15 is 0 Å². The van der Waals surface area contributed by atoms with Gasteiger partial charge in [-0.05, 0) is 41.7 Å². The molecule has 116 valence electrons. The molecule has 1 amide bonds. The lowest BCUT2D eigenvalue weighted by molar-refractivity contribution is -0.114. The molecule has 2 N–H and O–H groups in total. The third-order valence-corrected chi connectivity index (χ3v) is 4.84. The van der Waals surface area contributed by atoms with Gasteiger partial charge in [-0.1, -0.05) is 42.5 Å². The highest BCUT2D eigenvalue weighted by molar-refractivity contribution is 5.89. The molecule has 0 bridgehead atoms. The maximum atomic E-state index is 11.3. The molecule has 0 radical (unpaired) electrons. The van der Waals surface area contributed by atoms with Crippen molar-refractivity contribution in [2.45, 2.75) is 25.3 Å². The molecule has 3 atom stereocenters. The Morgan fingerprint density at radius 2 is 2.00 bits per heavy atom. The maximum Gasteiger partial charge on any atom is 0.221 e. The highest BCUT2D eigenvalue weighted by Crippen LogP contribution is 2.50. The normalized spacial score (nSPS) is 24.5. The van der Waals surface area contributed by atoms with Gasteiger partial charge in [0, 0.05) is 24.2 Å². The molecule has 1 aliphatic heterocycles. The van der Waals surface area contributed by atoms with Crippen LogP contribution < -0.4 is 10.6 Å². The zero-order chi connectivity index (χ0) is 15.8. The number of amides is 1. The van der Waals surface area contributed by atoms with Gasteiger partial charge in [-0.3, -0.25) is 4.79 Å². The number of carbonyl (C=O) groups excluding carboxylic acids is 1. The number of carbonyl (C=O) groups is 1. The molecule has 2 aromatic rings. The zero-order valence-electron chi connectivity index (χ0n) is 13.1. The average molecular weight is 304 g/mol. The van der Waals surface area contributed by atoms with E-state index < -0.39 is 0 Å². The van der Waals surface area contributed by atoms with Gasteiger partial charge in [0.05, 0.1) is 6.04 Å². The van der Waals surface area contributed by atoms with Crippen LogP contribution in [0.3, 0.4) is 0 Å². The summed E-state index contributed by atoms with van der Waals surface area (Å²) in [5, 5.41) is 6.60. The predicted octanol–water partition coefficient (Wildman–Crippen LogP) is 4.47. The van der Waals surface area contributed by atoms with E-state index in [4.69, 9.17) is 0 Å². The second-order valence-electron chi connectivity index (χ2n) is 6.37. The van der Waals surface area contributed by atoms with Crippen molar-refractivity contribution in [2.75, 3.05) is 10.6 Å². The molecule has 0 spiro atoms. The Balaban J connectivity index is 1.73. The largest absolute Gasteiger partial charge is 0.378 e. The molecule has 2 aliphatic rings. The van der Waals surface area contributed by atoms with Crippen molar-refractivity contribution in [3.8, 4) is 0 Å². The number of anilines is 2. The van der Waals surface area contributed by atoms with Crippen LogP contribution in [0.25, 0.3) is 0 Å². The van der Waals surface area contributed by atoms with Gasteiger partial charge in [0.25, 0.3) is 0 Å². The predicted molar refractivity (Wildman–Crippen MR) is 93.5 cm³/mol. The fourth-order valence-corrected chi connectivity index (χ4v) is 3.87. The Kier molecular flexibility index (Phi) is 3.41. The van der Waals surface area contributed by atoms with Crippen molar-refractivity contribution in [3.05, 3.63) is 71.8 Å². The third-order valence-electron chi connectivity index (χ3n) is 4.84. The van der Waals surface area contributed by atoms with Gasteiger partial charge in [-0.2, -0.15) is 0 Å². The van der Waals surface area contributed by atoms with Crippen molar-refractivity contribution >= 4 is 17.3 Å². The number of nitrogens with one attached hydrogen (secondary N) is 2. The van der Waals surface area contributed by atoms with E-state index in [1.165, 1.54) is 16.8 Å². The van der Waals surface area contributed by atoms with Crippen molar-refractivity contribution in [1.29, 1.82) is 0 Å². The molecule has 1 heterocycles. The van der Waals surface area contributed by atoms with E-state index in [9.17, 15) is 4.79 Å². The lowest BCUT2D eigenvalue weighted by Crippen LogP contribution is -2.29. The van der Waals surface area contributed by atoms with Gasteiger partial charge in [0.1, 0.15) is 0 Å². The van der Waals surface area contributed by atoms with Gasteiger partial charge in [0.15, 0.2) is 0 Å². The second kappa shape index (κ2) is 5.58. The van der Waals surface area contributed by atoms with E-state index in [1.54, 1.807) is 6.92 Å². The van der Waals surface area contributed by atoms with Gasteiger partial charge in [-0.25, -0.2) is 0 Å². The number of benzene rings is 2. The summed E-state index contributed by atoms with van der Waals surface area (Å²) in [6.45, 7) is 1.54. The van der Waals surface area contributed by atoms with Gasteiger partial charge in [0.2, 0.25) is 5.91 Å². The lowest BCUT2D eigenvalue weighted by atomic mass is 9.77. The van der Waals surface area contributed by atoms with Crippen LogP contribution in [0.15, 0.2) is 60.7 Å². The summed E-state index contributed by atoms with van der Waals surface area (Å²) in [6.07, 6.45) is 5.69. The highest BCUT2D eigenvalue weighted by atomic mass is 16.1. The fraction of sp³-hybridized carbons (Fsp3) is 0.250. The van der Waals surface area contributed by atoms with Gasteiger partial charge in [-0.15, -0.1) is 0 Å². The van der Waals surface area contributed by atoms with Crippen molar-refractivity contribution in [1.82, 2.24) is 0 Å². The first kappa shape index (κ1) is 14.1. The van der Waals surface area contributed by atoms with Crippen LogP contribution in [0, 0.1) is 5.92 Å². The molecule has 0 saturated heterocycles. The van der Waals surface area contributed by atoms with E-state index in [0.29, 0.717) is 17.9 Å². The van der Waals surface area contributed by atoms with Crippen LogP contribution in [0.5, 0.6) is 0 Å². The second-order valence-corrected chi connectivity index (χ2v) is 6.37. The minimum absolute atomic E-state index is 0.0330. The molecule has 4 rings (SSSR count). The monoisotopic (exact) mass is 304 g/mol. The van der Waals surface area contributed by atoms with Gasteiger partial charge >= 0.3 is 0 Å². The summed E-state index contributed by atoms with van der Waals surface area (Å²) in [7, 11) is 0. The SMILES string of the molecule is CC(=O)Nc1ccc2c(c1)[C@@H]1C=CC[C@@H]1[C@@H](c1ccccc1)N2. The molecule has 3 nitrogen and oxygen atoms in total. The van der Waals surface area contributed by atoms with Crippen LogP contribution in [0.4, 0.5) is 11.4 Å². The number of allylic oxidation sites excluding steroid dienone is 2. The van der Waals surface area contributed by atoms with Gasteiger partial charge < -0.3 is 10.6 Å². The Morgan fingerprint density at radius 3 is 2.78 bits per heavy atom. The fourth-order valence-electron chi connectivity index (χ4n) is 3.87. The average Bonchev–Trinajstić information content (AvgIpc) is 3.04. The van der Waals surface area contributed by atoms with E-state index in [-0.39, 0.29) is 5.91 Å². The molecular formula is C20H20N2O. The van der Waals surface area contributed by atoms with E-state index in [2.05, 4.69) is 65.3 Å². The van der Waals surface area contributed by atoms with Crippen molar-refractivity contribution in [3.63, 3.8) is 0 Å². The molecule has 0 aromatic heterocycles. The summed E-state index contributed by atoms with van der Waals surface area (Å²) in [5.41, 5.74) is 4.65. The molecule has 0 saturated carbocycles. The molecule has 2 aromatic carbocycles. The molecule has 23 heavy (non-hydrogen) atoms. The number of fused-ring (bicyclic) bond motifs is 3. The Morgan fingerprint density at radius 1 is 1.17 bits per heavy atom. The standard InChI is InChI=1S/C20H20N2O/c1-13(23)21-15-10-11-19-18(12-15)16-8-5-9-17(16)20(22-19)14-6-3-2-4-7-14/h2-8,10-12,16-17,20,22H,9H2,1H3,(H,21,23)/t16-,17+,20-/m1/s1. The first-order valence-electron chi connectivity index (χ1n) is 8.12. The van der Waals surface area contributed by atoms with Crippen LogP contribution in [-0.4, -0.2) is 5.91 Å². The first-order valence-corrected chi connectivity index (χ1v) is 8.12. The minimum Gasteiger partial charge on any atom is -0.378 e. The summed E-state index contributed by atoms with van der Waals surface area (Å²) in [5.74, 6) is 0.900. The molecule has 1 aliphatic carbocycles. The number of hydrogen-bond acceptors (Lipinski definition) is 2. The van der Waals surface area contributed by atoms with Crippen molar-refractivity contribution in [2.24, 2.45) is 5.92 Å². The minimum atomic E-state index is -0.0330. The summed E-state index contributed by atoms with van der Waals surface area (Å²) >= 11 is 0. The molecule has 0 fully saturated rings. The Bertz CT molecular complexity index is 766. The van der Waals surface area contributed by atoms with Crippen LogP contribution >= 0.6 is 0 Å². The van der Waals surface area contributed by atoms with Crippen molar-refractivity contribution < 1.29 is 4.79 Å². The summed E-state index contributed by atoms with van der Waals surface area (Å²) in [4.78, 5) is 11.3. The van der Waals surface area contributed by atoms with Crippen LogP contribution in [-0.2, 0) is 4.79 Å². The highest BCUT2D eigenvalue weighted by Gasteiger charge is 2.37. The maximum absolute atomic E-state index is 11.3. The Labute approximate surface area is 136 Å². The van der Waals surface area contributed by atoms with Crippen LogP contribution in [0.2, 0.25) is 0 Å². The first-order chi connectivity index (χ1) is 11.2. The molecule has 3 heteroatoms.